The molecule has 3 saturated heterocycles. The normalized spacial score (nSPS) is 23.6. The number of carbonyl (C=O) groups excluding carboxylic acids is 1. The molecular weight excluding hydrogens is 696 g/mol. The van der Waals surface area contributed by atoms with Crippen molar-refractivity contribution in [3.63, 3.8) is 0 Å². The Kier molecular flexibility index (Phi) is 8.57. The average Bonchev–Trinajstić information content (AvgIpc) is 3.83. The second kappa shape index (κ2) is 12.6. The summed E-state index contributed by atoms with van der Waals surface area (Å²) in [6.07, 6.45) is -2.89. The molecule has 2 aromatic carbocycles. The minimum atomic E-state index is -5.13. The van der Waals surface area contributed by atoms with Gasteiger partial charge in [0.25, 0.3) is 0 Å². The van der Waals surface area contributed by atoms with Gasteiger partial charge in [0, 0.05) is 48.9 Å². The lowest BCUT2D eigenvalue weighted by Gasteiger charge is -2.33. The smallest absolute Gasteiger partial charge is 0.417 e. The topological polar surface area (TPSA) is 112 Å². The van der Waals surface area contributed by atoms with Gasteiger partial charge < -0.3 is 20.3 Å². The van der Waals surface area contributed by atoms with Gasteiger partial charge in [0.05, 0.1) is 27.4 Å². The molecule has 1 unspecified atom stereocenters. The van der Waals surface area contributed by atoms with Crippen LogP contribution in [0.4, 0.5) is 37.2 Å². The highest BCUT2D eigenvalue weighted by molar-refractivity contribution is 7.23. The van der Waals surface area contributed by atoms with Crippen LogP contribution in [0.25, 0.3) is 32.1 Å². The zero-order chi connectivity index (χ0) is 36.6. The van der Waals surface area contributed by atoms with Crippen LogP contribution in [0.5, 0.6) is 6.01 Å². The number of aromatic nitrogens is 2. The molecule has 1 amide bonds. The summed E-state index contributed by atoms with van der Waals surface area (Å²) in [6, 6.07) is 3.24. The molecular formula is C35H33F6N7O2S. The monoisotopic (exact) mass is 729 g/mol. The standard InChI is InChI=1S/C35H33F6N7O2S/c1-4-25(49)48-11-8-24(17(48)2)46(3)32-20-12-22(35(39,40)41)27(19-6-7-23(37)30-26(19)21(14-42)31(43)51-30)28(38)29(20)44-33(45-32)50-16-34-9-5-10-47(34)15-18(36)13-34/h4,6-7,12,17-18,24H,1,5,8-11,13,15-16,43H2,2-3H3/t17-,18-,24?,34+/m1/s1. The molecule has 3 fully saturated rings. The van der Waals surface area contributed by atoms with Crippen LogP contribution < -0.4 is 15.4 Å². The van der Waals surface area contributed by atoms with E-state index in [0.717, 1.165) is 24.6 Å². The van der Waals surface area contributed by atoms with Gasteiger partial charge in [-0.1, -0.05) is 12.6 Å². The van der Waals surface area contributed by atoms with Crippen LogP contribution >= 0.6 is 11.3 Å². The molecule has 16 heteroatoms. The number of fused-ring (bicyclic) bond motifs is 3. The van der Waals surface area contributed by atoms with Crippen LogP contribution in [0.3, 0.4) is 0 Å². The van der Waals surface area contributed by atoms with E-state index in [1.807, 2.05) is 11.0 Å². The van der Waals surface area contributed by atoms with Gasteiger partial charge in [0.2, 0.25) is 5.91 Å². The molecule has 51 heavy (non-hydrogen) atoms. The quantitative estimate of drug-likeness (QED) is 0.163. The molecule has 0 radical (unpaired) electrons. The highest BCUT2D eigenvalue weighted by Gasteiger charge is 2.49. The number of rotatable bonds is 7. The molecule has 0 saturated carbocycles. The molecule has 2 N–H and O–H groups in total. The van der Waals surface area contributed by atoms with Crippen molar-refractivity contribution in [1.29, 1.82) is 5.26 Å². The van der Waals surface area contributed by atoms with Gasteiger partial charge in [-0.3, -0.25) is 9.69 Å². The summed E-state index contributed by atoms with van der Waals surface area (Å²) in [5, 5.41) is 9.17. The Labute approximate surface area is 292 Å². The third-order valence-electron chi connectivity index (χ3n) is 10.6. The first-order valence-corrected chi connectivity index (χ1v) is 17.2. The fourth-order valence-corrected chi connectivity index (χ4v) is 9.14. The maximum Gasteiger partial charge on any atom is 0.417 e. The second-order valence-corrected chi connectivity index (χ2v) is 14.4. The zero-order valence-corrected chi connectivity index (χ0v) is 28.5. The molecule has 2 aromatic heterocycles. The van der Waals surface area contributed by atoms with E-state index in [1.54, 1.807) is 23.8 Å². The van der Waals surface area contributed by atoms with E-state index in [2.05, 4.69) is 16.5 Å². The Hall–Kier alpha value is -4.62. The van der Waals surface area contributed by atoms with Crippen molar-refractivity contribution in [1.82, 2.24) is 19.8 Å². The number of likely N-dealkylation sites (N-methyl/N-ethyl adjacent to an activating group) is 1. The third-order valence-corrected chi connectivity index (χ3v) is 11.7. The SMILES string of the molecule is C=CC(=O)N1CCC(N(C)c2nc(OC[C@@]34CCCN3C[C@H](F)C4)nc3c(F)c(-c4ccc(F)c5sc(N)c(C#N)c45)c(C(F)(F)F)cc23)[C@H]1C. The summed E-state index contributed by atoms with van der Waals surface area (Å²) in [5.74, 6) is -2.62. The summed E-state index contributed by atoms with van der Waals surface area (Å²) in [7, 11) is 1.59. The number of amides is 1. The first kappa shape index (κ1) is 34.8. The predicted molar refractivity (Wildman–Crippen MR) is 181 cm³/mol. The van der Waals surface area contributed by atoms with Gasteiger partial charge in [-0.2, -0.15) is 28.4 Å². The number of nitriles is 1. The molecule has 0 spiro atoms. The lowest BCUT2D eigenvalue weighted by molar-refractivity contribution is -0.137. The minimum absolute atomic E-state index is 0.0308. The van der Waals surface area contributed by atoms with Crippen LogP contribution in [0.15, 0.2) is 30.9 Å². The third kappa shape index (κ3) is 5.61. The number of hydrogen-bond donors (Lipinski definition) is 1. The lowest BCUT2D eigenvalue weighted by Crippen LogP contribution is -2.44. The highest BCUT2D eigenvalue weighted by Crippen LogP contribution is 2.48. The Balaban J connectivity index is 1.45. The molecule has 9 nitrogen and oxygen atoms in total. The fraction of sp³-hybridized carbons (Fsp3) is 0.429. The van der Waals surface area contributed by atoms with E-state index in [0.29, 0.717) is 37.3 Å². The number of nitrogens with two attached hydrogens (primary N) is 1. The van der Waals surface area contributed by atoms with Crippen molar-refractivity contribution in [3.8, 4) is 23.2 Å². The van der Waals surface area contributed by atoms with Crippen LogP contribution in [-0.4, -0.2) is 82.8 Å². The van der Waals surface area contributed by atoms with Gasteiger partial charge in [0.15, 0.2) is 5.82 Å². The van der Waals surface area contributed by atoms with E-state index < -0.39 is 58.2 Å². The van der Waals surface area contributed by atoms with Crippen molar-refractivity contribution in [2.24, 2.45) is 0 Å². The molecule has 5 heterocycles. The number of carbonyl (C=O) groups is 1. The summed E-state index contributed by atoms with van der Waals surface area (Å²) in [4.78, 5) is 26.6. The largest absolute Gasteiger partial charge is 0.461 e. The summed E-state index contributed by atoms with van der Waals surface area (Å²) in [5.41, 5.74) is 1.81. The predicted octanol–water partition coefficient (Wildman–Crippen LogP) is 6.83. The average molecular weight is 730 g/mol. The van der Waals surface area contributed by atoms with E-state index in [1.165, 1.54) is 6.08 Å². The van der Waals surface area contributed by atoms with Crippen LogP contribution in [-0.2, 0) is 11.0 Å². The second-order valence-electron chi connectivity index (χ2n) is 13.4. The van der Waals surface area contributed by atoms with Crippen molar-refractivity contribution < 1.29 is 35.9 Å². The zero-order valence-electron chi connectivity index (χ0n) is 27.7. The first-order chi connectivity index (χ1) is 24.2. The number of hydrogen-bond acceptors (Lipinski definition) is 9. The molecule has 4 aromatic rings. The summed E-state index contributed by atoms with van der Waals surface area (Å²) in [6.45, 7) is 6.57. The number of ether oxygens (including phenoxy) is 1. The number of anilines is 2. The van der Waals surface area contributed by atoms with E-state index in [-0.39, 0.29) is 68.9 Å². The Morgan fingerprint density at radius 3 is 2.76 bits per heavy atom. The van der Waals surface area contributed by atoms with Crippen molar-refractivity contribution in [2.75, 3.05) is 43.9 Å². The molecule has 3 aliphatic heterocycles. The molecule has 3 aliphatic rings. The first-order valence-electron chi connectivity index (χ1n) is 16.4. The Morgan fingerprint density at radius 1 is 1.29 bits per heavy atom. The van der Waals surface area contributed by atoms with Crippen molar-refractivity contribution in [2.45, 2.75) is 62.6 Å². The maximum atomic E-state index is 17.1. The van der Waals surface area contributed by atoms with Gasteiger partial charge in [-0.15, -0.1) is 11.3 Å². The molecule has 0 bridgehead atoms. The Morgan fingerprint density at radius 2 is 2.06 bits per heavy atom. The van der Waals surface area contributed by atoms with Gasteiger partial charge in [0.1, 0.15) is 41.0 Å². The number of alkyl halides is 4. The van der Waals surface area contributed by atoms with Gasteiger partial charge in [-0.25, -0.2) is 13.2 Å². The lowest BCUT2D eigenvalue weighted by atomic mass is 9.92. The van der Waals surface area contributed by atoms with Crippen LogP contribution in [0, 0.1) is 23.0 Å². The summed E-state index contributed by atoms with van der Waals surface area (Å²) < 4.78 is 97.6. The summed E-state index contributed by atoms with van der Waals surface area (Å²) >= 11 is 0.674. The maximum absolute atomic E-state index is 17.1. The molecule has 4 atom stereocenters. The number of nitrogen functional groups attached to an aromatic ring is 1. The number of thiophene rings is 1. The van der Waals surface area contributed by atoms with E-state index in [9.17, 15) is 18.8 Å². The minimum Gasteiger partial charge on any atom is -0.461 e. The van der Waals surface area contributed by atoms with Crippen molar-refractivity contribution >= 4 is 49.1 Å². The van der Waals surface area contributed by atoms with Gasteiger partial charge in [-0.05, 0) is 56.5 Å². The van der Waals surface area contributed by atoms with E-state index >= 15 is 17.6 Å². The number of benzene rings is 2. The van der Waals surface area contributed by atoms with Crippen molar-refractivity contribution in [3.05, 3.63) is 53.6 Å². The highest BCUT2D eigenvalue weighted by atomic mass is 32.1. The number of nitrogens with zero attached hydrogens (tertiary/aromatic N) is 6. The number of halogens is 6. The molecule has 268 valence electrons. The van der Waals surface area contributed by atoms with E-state index in [4.69, 9.17) is 10.5 Å². The Bertz CT molecular complexity index is 2130. The van der Waals surface area contributed by atoms with Crippen LogP contribution in [0.2, 0.25) is 0 Å². The fourth-order valence-electron chi connectivity index (χ4n) is 8.19. The molecule has 0 aliphatic carbocycles. The van der Waals surface area contributed by atoms with Gasteiger partial charge >= 0.3 is 12.2 Å². The van der Waals surface area contributed by atoms with Crippen LogP contribution in [0.1, 0.15) is 43.7 Å². The molecule has 7 rings (SSSR count). The number of likely N-dealkylation sites (tertiary alicyclic amines) is 1.